The number of hydrogen-bond donors (Lipinski definition) is 0. The normalized spacial score (nSPS) is 19.2. The Morgan fingerprint density at radius 2 is 2.37 bits per heavy atom. The second-order valence-corrected chi connectivity index (χ2v) is 4.86. The summed E-state index contributed by atoms with van der Waals surface area (Å²) < 4.78 is 19.7. The Morgan fingerprint density at radius 3 is 3.05 bits per heavy atom. The Labute approximate surface area is 113 Å². The molecule has 1 aromatic carbocycles. The highest BCUT2D eigenvalue weighted by atomic mass is 19.1. The second-order valence-electron chi connectivity index (χ2n) is 4.86. The quantitative estimate of drug-likeness (QED) is 0.836. The van der Waals surface area contributed by atoms with Crippen LogP contribution in [0.4, 0.5) is 10.1 Å². The molecule has 0 aromatic heterocycles. The molecule has 0 bridgehead atoms. The summed E-state index contributed by atoms with van der Waals surface area (Å²) in [5.74, 6) is -0.324. The van der Waals surface area contributed by atoms with E-state index in [9.17, 15) is 4.39 Å². The van der Waals surface area contributed by atoms with E-state index in [1.807, 2.05) is 11.0 Å². The number of halogens is 1. The van der Waals surface area contributed by atoms with Crippen LogP contribution in [0.5, 0.6) is 0 Å². The van der Waals surface area contributed by atoms with E-state index in [0.717, 1.165) is 39.0 Å². The number of anilines is 1. The zero-order chi connectivity index (χ0) is 13.7. The van der Waals surface area contributed by atoms with Crippen LogP contribution in [-0.2, 0) is 4.74 Å². The molecule has 1 atom stereocenters. The van der Waals surface area contributed by atoms with Crippen molar-refractivity contribution in [1.82, 2.24) is 0 Å². The van der Waals surface area contributed by atoms with Crippen molar-refractivity contribution in [1.29, 1.82) is 5.26 Å². The SMILES string of the molecule is CCCOC1CCCN(c2ccc(C#N)cc2F)C1. The van der Waals surface area contributed by atoms with Gasteiger partial charge in [0.25, 0.3) is 0 Å². The van der Waals surface area contributed by atoms with Crippen molar-refractivity contribution >= 4 is 5.69 Å². The summed E-state index contributed by atoms with van der Waals surface area (Å²) in [7, 11) is 0. The van der Waals surface area contributed by atoms with Crippen molar-refractivity contribution in [3.8, 4) is 6.07 Å². The first-order chi connectivity index (χ1) is 9.24. The molecule has 1 aliphatic rings. The Bertz CT molecular complexity index is 470. The smallest absolute Gasteiger partial charge is 0.147 e. The van der Waals surface area contributed by atoms with Crippen molar-refractivity contribution < 1.29 is 9.13 Å². The van der Waals surface area contributed by atoms with Gasteiger partial charge in [0.2, 0.25) is 0 Å². The van der Waals surface area contributed by atoms with E-state index in [4.69, 9.17) is 10.00 Å². The standard InChI is InChI=1S/C15H19FN2O/c1-2-8-19-13-4-3-7-18(11-13)15-6-5-12(10-17)9-14(15)16/h5-6,9,13H,2-4,7-8,11H2,1H3. The lowest BCUT2D eigenvalue weighted by atomic mass is 10.1. The van der Waals surface area contributed by atoms with Crippen molar-refractivity contribution in [3.05, 3.63) is 29.6 Å². The third-order valence-corrected chi connectivity index (χ3v) is 3.35. The molecule has 0 N–H and O–H groups in total. The first-order valence-corrected chi connectivity index (χ1v) is 6.80. The minimum absolute atomic E-state index is 0.184. The van der Waals surface area contributed by atoms with Crippen LogP contribution >= 0.6 is 0 Å². The van der Waals surface area contributed by atoms with Gasteiger partial charge in [-0.25, -0.2) is 4.39 Å². The molecule has 1 unspecified atom stereocenters. The zero-order valence-electron chi connectivity index (χ0n) is 11.2. The summed E-state index contributed by atoms with van der Waals surface area (Å²) >= 11 is 0. The Kier molecular flexibility index (Phi) is 4.75. The van der Waals surface area contributed by atoms with Crippen LogP contribution in [0.25, 0.3) is 0 Å². The van der Waals surface area contributed by atoms with E-state index < -0.39 is 0 Å². The van der Waals surface area contributed by atoms with E-state index in [1.165, 1.54) is 6.07 Å². The molecule has 0 saturated carbocycles. The fourth-order valence-corrected chi connectivity index (χ4v) is 2.41. The second kappa shape index (κ2) is 6.53. The average Bonchev–Trinajstić information content (AvgIpc) is 2.45. The molecule has 1 saturated heterocycles. The summed E-state index contributed by atoms with van der Waals surface area (Å²) in [4.78, 5) is 2.01. The van der Waals surface area contributed by atoms with Crippen LogP contribution in [0.15, 0.2) is 18.2 Å². The first-order valence-electron chi connectivity index (χ1n) is 6.80. The summed E-state index contributed by atoms with van der Waals surface area (Å²) in [5.41, 5.74) is 0.931. The predicted octanol–water partition coefficient (Wildman–Crippen LogP) is 3.09. The van der Waals surface area contributed by atoms with Gasteiger partial charge >= 0.3 is 0 Å². The fraction of sp³-hybridized carbons (Fsp3) is 0.533. The Balaban J connectivity index is 2.07. The van der Waals surface area contributed by atoms with E-state index in [2.05, 4.69) is 6.92 Å². The number of benzene rings is 1. The minimum atomic E-state index is -0.324. The minimum Gasteiger partial charge on any atom is -0.376 e. The molecular formula is C15H19FN2O. The highest BCUT2D eigenvalue weighted by Crippen LogP contribution is 2.25. The van der Waals surface area contributed by atoms with Gasteiger partial charge in [0.15, 0.2) is 0 Å². The summed E-state index contributed by atoms with van der Waals surface area (Å²) in [6, 6.07) is 6.60. The topological polar surface area (TPSA) is 36.3 Å². The molecule has 1 fully saturated rings. The van der Waals surface area contributed by atoms with E-state index in [1.54, 1.807) is 12.1 Å². The van der Waals surface area contributed by atoms with Crippen LogP contribution in [-0.4, -0.2) is 25.8 Å². The van der Waals surface area contributed by atoms with Gasteiger partial charge in [0.05, 0.1) is 23.4 Å². The summed E-state index contributed by atoms with van der Waals surface area (Å²) in [5, 5.41) is 8.75. The number of nitrogens with zero attached hydrogens (tertiary/aromatic N) is 2. The van der Waals surface area contributed by atoms with Gasteiger partial charge < -0.3 is 9.64 Å². The van der Waals surface area contributed by atoms with Crippen molar-refractivity contribution in [2.75, 3.05) is 24.6 Å². The molecular weight excluding hydrogens is 243 g/mol. The average molecular weight is 262 g/mol. The Hall–Kier alpha value is -1.60. The van der Waals surface area contributed by atoms with Crippen LogP contribution in [0.2, 0.25) is 0 Å². The number of rotatable bonds is 4. The van der Waals surface area contributed by atoms with Gasteiger partial charge in [-0.2, -0.15) is 5.26 Å². The van der Waals surface area contributed by atoms with Gasteiger partial charge in [-0.3, -0.25) is 0 Å². The third kappa shape index (κ3) is 3.45. The predicted molar refractivity (Wildman–Crippen MR) is 72.6 cm³/mol. The lowest BCUT2D eigenvalue weighted by Gasteiger charge is -2.34. The molecule has 19 heavy (non-hydrogen) atoms. The van der Waals surface area contributed by atoms with Crippen molar-refractivity contribution in [2.24, 2.45) is 0 Å². The van der Waals surface area contributed by atoms with Crippen molar-refractivity contribution in [3.63, 3.8) is 0 Å². The van der Waals surface area contributed by atoms with Gasteiger partial charge in [0.1, 0.15) is 5.82 Å². The lowest BCUT2D eigenvalue weighted by molar-refractivity contribution is 0.0439. The van der Waals surface area contributed by atoms with Gasteiger partial charge in [0, 0.05) is 19.7 Å². The fourth-order valence-electron chi connectivity index (χ4n) is 2.41. The van der Waals surface area contributed by atoms with Gasteiger partial charge in [-0.1, -0.05) is 6.92 Å². The number of nitriles is 1. The molecule has 0 spiro atoms. The molecule has 102 valence electrons. The van der Waals surface area contributed by atoms with Crippen LogP contribution in [0, 0.1) is 17.1 Å². The van der Waals surface area contributed by atoms with Gasteiger partial charge in [-0.15, -0.1) is 0 Å². The maximum atomic E-state index is 14.0. The van der Waals surface area contributed by atoms with Crippen LogP contribution in [0.1, 0.15) is 31.7 Å². The summed E-state index contributed by atoms with van der Waals surface area (Å²) in [6.07, 6.45) is 3.23. The highest BCUT2D eigenvalue weighted by Gasteiger charge is 2.22. The van der Waals surface area contributed by atoms with E-state index in [-0.39, 0.29) is 11.9 Å². The van der Waals surface area contributed by atoms with E-state index >= 15 is 0 Å². The molecule has 0 amide bonds. The highest BCUT2D eigenvalue weighted by molar-refractivity contribution is 5.51. The number of piperidine rings is 1. The molecule has 3 nitrogen and oxygen atoms in total. The third-order valence-electron chi connectivity index (χ3n) is 3.35. The van der Waals surface area contributed by atoms with Gasteiger partial charge in [-0.05, 0) is 37.5 Å². The Morgan fingerprint density at radius 1 is 1.53 bits per heavy atom. The largest absolute Gasteiger partial charge is 0.376 e. The lowest BCUT2D eigenvalue weighted by Crippen LogP contribution is -2.40. The summed E-state index contributed by atoms with van der Waals surface area (Å²) in [6.45, 7) is 4.41. The first kappa shape index (κ1) is 13.8. The maximum absolute atomic E-state index is 14.0. The van der Waals surface area contributed by atoms with Crippen LogP contribution < -0.4 is 4.90 Å². The van der Waals surface area contributed by atoms with Crippen molar-refractivity contribution in [2.45, 2.75) is 32.3 Å². The molecule has 1 aromatic rings. The monoisotopic (exact) mass is 262 g/mol. The maximum Gasteiger partial charge on any atom is 0.147 e. The molecule has 1 aliphatic heterocycles. The molecule has 0 aliphatic carbocycles. The number of ether oxygens (including phenoxy) is 1. The van der Waals surface area contributed by atoms with Crippen LogP contribution in [0.3, 0.4) is 0 Å². The van der Waals surface area contributed by atoms with E-state index in [0.29, 0.717) is 11.3 Å². The molecule has 1 heterocycles. The molecule has 2 rings (SSSR count). The zero-order valence-corrected chi connectivity index (χ0v) is 11.2. The molecule has 4 heteroatoms. The molecule has 0 radical (unpaired) electrons. The number of hydrogen-bond acceptors (Lipinski definition) is 3.